The number of nitrogen functional groups attached to an aromatic ring is 1. The van der Waals surface area contributed by atoms with Crippen molar-refractivity contribution in [2.75, 3.05) is 16.4 Å². The molecule has 25 heavy (non-hydrogen) atoms. The summed E-state index contributed by atoms with van der Waals surface area (Å²) in [4.78, 5) is 24.7. The van der Waals surface area contributed by atoms with Crippen LogP contribution in [0.25, 0.3) is 0 Å². The molecule has 2 aromatic carbocycles. The van der Waals surface area contributed by atoms with Gasteiger partial charge in [0.15, 0.2) is 0 Å². The Labute approximate surface area is 148 Å². The minimum Gasteiger partial charge on any atom is -0.399 e. The maximum absolute atomic E-state index is 12.6. The van der Waals surface area contributed by atoms with Crippen LogP contribution in [0.4, 0.5) is 17.1 Å². The largest absolute Gasteiger partial charge is 0.399 e. The van der Waals surface area contributed by atoms with E-state index < -0.39 is 5.41 Å². The number of aryl methyl sites for hydroxylation is 2. The Hall–Kier alpha value is -2.82. The van der Waals surface area contributed by atoms with Crippen LogP contribution in [0.2, 0.25) is 0 Å². The number of hydrogen-bond donors (Lipinski definition) is 3. The molecule has 0 aliphatic carbocycles. The summed E-state index contributed by atoms with van der Waals surface area (Å²) in [6, 6.07) is 10.7. The molecule has 2 rings (SSSR count). The molecule has 0 unspecified atom stereocenters. The van der Waals surface area contributed by atoms with Crippen LogP contribution in [-0.4, -0.2) is 11.8 Å². The van der Waals surface area contributed by atoms with Gasteiger partial charge in [-0.15, -0.1) is 0 Å². The van der Waals surface area contributed by atoms with Crippen LogP contribution in [-0.2, 0) is 4.79 Å². The van der Waals surface area contributed by atoms with Gasteiger partial charge in [-0.25, -0.2) is 0 Å². The van der Waals surface area contributed by atoms with Gasteiger partial charge in [-0.3, -0.25) is 9.59 Å². The van der Waals surface area contributed by atoms with Crippen LogP contribution in [0.15, 0.2) is 36.4 Å². The highest BCUT2D eigenvalue weighted by Crippen LogP contribution is 2.24. The van der Waals surface area contributed by atoms with Crippen LogP contribution in [0, 0.1) is 19.3 Å². The first-order valence-corrected chi connectivity index (χ1v) is 8.17. The van der Waals surface area contributed by atoms with Crippen molar-refractivity contribution >= 4 is 28.9 Å². The normalized spacial score (nSPS) is 11.1. The van der Waals surface area contributed by atoms with Gasteiger partial charge in [-0.2, -0.15) is 0 Å². The Bertz CT molecular complexity index is 820. The number of rotatable bonds is 3. The minimum absolute atomic E-state index is 0.0830. The highest BCUT2D eigenvalue weighted by molar-refractivity contribution is 6.06. The third-order valence-electron chi connectivity index (χ3n) is 3.93. The number of anilines is 3. The smallest absolute Gasteiger partial charge is 0.256 e. The van der Waals surface area contributed by atoms with E-state index in [-0.39, 0.29) is 11.8 Å². The maximum Gasteiger partial charge on any atom is 0.256 e. The fourth-order valence-corrected chi connectivity index (χ4v) is 2.23. The van der Waals surface area contributed by atoms with Gasteiger partial charge >= 0.3 is 0 Å². The number of nitrogens with two attached hydrogens (primary N) is 1. The van der Waals surface area contributed by atoms with Crippen molar-refractivity contribution in [3.63, 3.8) is 0 Å². The Morgan fingerprint density at radius 2 is 1.56 bits per heavy atom. The molecule has 2 amide bonds. The van der Waals surface area contributed by atoms with Crippen molar-refractivity contribution < 1.29 is 9.59 Å². The SMILES string of the molecule is Cc1ccc(NC(=O)C(C)(C)C)cc1NC(=O)c1cc(N)ccc1C. The molecule has 0 radical (unpaired) electrons. The molecule has 0 aromatic heterocycles. The number of hydrogen-bond acceptors (Lipinski definition) is 3. The second kappa shape index (κ2) is 6.97. The number of carbonyl (C=O) groups is 2. The molecule has 0 aliphatic heterocycles. The lowest BCUT2D eigenvalue weighted by Crippen LogP contribution is -2.27. The lowest BCUT2D eigenvalue weighted by molar-refractivity contribution is -0.123. The van der Waals surface area contributed by atoms with Gasteiger partial charge < -0.3 is 16.4 Å². The van der Waals surface area contributed by atoms with Crippen molar-refractivity contribution in [1.82, 2.24) is 0 Å². The first-order valence-electron chi connectivity index (χ1n) is 8.17. The summed E-state index contributed by atoms with van der Waals surface area (Å²) in [6.45, 7) is 9.31. The van der Waals surface area contributed by atoms with E-state index in [9.17, 15) is 9.59 Å². The van der Waals surface area contributed by atoms with Crippen molar-refractivity contribution in [2.24, 2.45) is 5.41 Å². The summed E-state index contributed by atoms with van der Waals surface area (Å²) in [7, 11) is 0. The molecule has 4 N–H and O–H groups in total. The molecular weight excluding hydrogens is 314 g/mol. The molecule has 0 heterocycles. The second-order valence-electron chi connectivity index (χ2n) is 7.26. The predicted molar refractivity (Wildman–Crippen MR) is 103 cm³/mol. The minimum atomic E-state index is -0.493. The highest BCUT2D eigenvalue weighted by atomic mass is 16.2. The van der Waals surface area contributed by atoms with Crippen LogP contribution in [0.3, 0.4) is 0 Å². The molecule has 132 valence electrons. The standard InChI is InChI=1S/C20H25N3O2/c1-12-6-8-14(21)10-16(12)18(24)23-17-11-15(9-7-13(17)2)22-19(25)20(3,4)5/h6-11H,21H2,1-5H3,(H,22,25)(H,23,24). The van der Waals surface area contributed by atoms with Crippen LogP contribution < -0.4 is 16.4 Å². The van der Waals surface area contributed by atoms with Crippen LogP contribution in [0.1, 0.15) is 42.3 Å². The van der Waals surface area contributed by atoms with Crippen LogP contribution >= 0.6 is 0 Å². The van der Waals surface area contributed by atoms with Gasteiger partial charge in [-0.1, -0.05) is 32.9 Å². The third kappa shape index (κ3) is 4.59. The summed E-state index contributed by atoms with van der Waals surface area (Å²) in [5, 5.41) is 5.77. The molecule has 0 saturated carbocycles. The fourth-order valence-electron chi connectivity index (χ4n) is 2.23. The van der Waals surface area contributed by atoms with Crippen molar-refractivity contribution in [3.8, 4) is 0 Å². The molecule has 0 bridgehead atoms. The Morgan fingerprint density at radius 3 is 2.20 bits per heavy atom. The molecule has 0 atom stereocenters. The van der Waals surface area contributed by atoms with Gasteiger partial charge in [0.2, 0.25) is 5.91 Å². The number of nitrogens with one attached hydrogen (secondary N) is 2. The maximum atomic E-state index is 12.6. The Morgan fingerprint density at radius 1 is 0.920 bits per heavy atom. The first kappa shape index (κ1) is 18.5. The van der Waals surface area contributed by atoms with Gasteiger partial charge in [0.25, 0.3) is 5.91 Å². The quantitative estimate of drug-likeness (QED) is 0.735. The zero-order chi connectivity index (χ0) is 18.8. The molecule has 0 fully saturated rings. The van der Waals surface area contributed by atoms with E-state index >= 15 is 0 Å². The molecular formula is C20H25N3O2. The highest BCUT2D eigenvalue weighted by Gasteiger charge is 2.21. The molecule has 2 aromatic rings. The monoisotopic (exact) mass is 339 g/mol. The fraction of sp³-hybridized carbons (Fsp3) is 0.300. The number of carbonyl (C=O) groups excluding carboxylic acids is 2. The summed E-state index contributed by atoms with van der Waals surface area (Å²) in [6.07, 6.45) is 0. The zero-order valence-electron chi connectivity index (χ0n) is 15.4. The van der Waals surface area contributed by atoms with Crippen molar-refractivity contribution in [3.05, 3.63) is 53.1 Å². The first-order chi connectivity index (χ1) is 11.6. The van der Waals surface area contributed by atoms with E-state index in [2.05, 4.69) is 10.6 Å². The van der Waals surface area contributed by atoms with Gasteiger partial charge in [0.05, 0.1) is 0 Å². The Kier molecular flexibility index (Phi) is 5.16. The topological polar surface area (TPSA) is 84.2 Å². The van der Waals surface area contributed by atoms with E-state index in [1.165, 1.54) is 0 Å². The van der Waals surface area contributed by atoms with Gasteiger partial charge in [-0.05, 0) is 49.2 Å². The average Bonchev–Trinajstić information content (AvgIpc) is 2.51. The second-order valence-corrected chi connectivity index (χ2v) is 7.26. The predicted octanol–water partition coefficient (Wildman–Crippen LogP) is 4.12. The lowest BCUT2D eigenvalue weighted by atomic mass is 9.95. The molecule has 0 aliphatic rings. The van der Waals surface area contributed by atoms with Gasteiger partial charge in [0, 0.05) is 28.0 Å². The summed E-state index contributed by atoms with van der Waals surface area (Å²) < 4.78 is 0. The number of amides is 2. The van der Waals surface area contributed by atoms with E-state index in [0.29, 0.717) is 22.6 Å². The van der Waals surface area contributed by atoms with E-state index in [0.717, 1.165) is 11.1 Å². The zero-order valence-corrected chi connectivity index (χ0v) is 15.4. The van der Waals surface area contributed by atoms with Crippen LogP contribution in [0.5, 0.6) is 0 Å². The van der Waals surface area contributed by atoms with Crippen molar-refractivity contribution in [2.45, 2.75) is 34.6 Å². The molecule has 0 spiro atoms. The van der Waals surface area contributed by atoms with Gasteiger partial charge in [0.1, 0.15) is 0 Å². The van der Waals surface area contributed by atoms with E-state index in [1.54, 1.807) is 18.2 Å². The Balaban J connectivity index is 2.24. The summed E-state index contributed by atoms with van der Waals surface area (Å²) >= 11 is 0. The van der Waals surface area contributed by atoms with E-state index in [4.69, 9.17) is 5.73 Å². The molecule has 0 saturated heterocycles. The average molecular weight is 339 g/mol. The summed E-state index contributed by atoms with van der Waals surface area (Å²) in [5.74, 6) is -0.312. The summed E-state index contributed by atoms with van der Waals surface area (Å²) in [5.41, 5.74) is 9.41. The number of benzene rings is 2. The third-order valence-corrected chi connectivity index (χ3v) is 3.93. The molecule has 5 nitrogen and oxygen atoms in total. The molecule has 5 heteroatoms. The van der Waals surface area contributed by atoms with E-state index in [1.807, 2.05) is 52.8 Å². The lowest BCUT2D eigenvalue weighted by Gasteiger charge is -2.18. The van der Waals surface area contributed by atoms with Crippen molar-refractivity contribution in [1.29, 1.82) is 0 Å².